The maximum absolute atomic E-state index is 8.75. The van der Waals surface area contributed by atoms with Crippen molar-refractivity contribution < 1.29 is 14.8 Å². The van der Waals surface area contributed by atoms with Crippen molar-refractivity contribution in [1.82, 2.24) is 0 Å². The Morgan fingerprint density at radius 3 is 3.27 bits per heavy atom. The van der Waals surface area contributed by atoms with Crippen molar-refractivity contribution in [3.05, 3.63) is 0 Å². The molecule has 2 heterocycles. The van der Waals surface area contributed by atoms with Crippen LogP contribution in [0.4, 0.5) is 0 Å². The molecule has 0 saturated carbocycles. The first-order valence-electron chi connectivity index (χ1n) is 4.83. The standard InChI is InChI=1S/C9H13N3O3/c1-14-5-6-4-8(12-15-6)9-7(11-13)2-3-10-9/h6,13H,2-5H2,1H3/b11-7+. The number of methoxy groups -OCH3 is 1. The molecule has 1 atom stereocenters. The van der Waals surface area contributed by atoms with Crippen LogP contribution in [-0.4, -0.2) is 48.7 Å². The second kappa shape index (κ2) is 4.39. The lowest BCUT2D eigenvalue weighted by molar-refractivity contribution is 0.0209. The van der Waals surface area contributed by atoms with E-state index in [0.29, 0.717) is 37.4 Å². The summed E-state index contributed by atoms with van der Waals surface area (Å²) >= 11 is 0. The van der Waals surface area contributed by atoms with Crippen LogP contribution in [0.5, 0.6) is 0 Å². The van der Waals surface area contributed by atoms with Gasteiger partial charge in [-0.2, -0.15) is 0 Å². The Hall–Kier alpha value is -1.43. The van der Waals surface area contributed by atoms with Crippen molar-refractivity contribution in [1.29, 1.82) is 0 Å². The monoisotopic (exact) mass is 211 g/mol. The summed E-state index contributed by atoms with van der Waals surface area (Å²) in [6.07, 6.45) is 1.28. The maximum atomic E-state index is 8.75. The third kappa shape index (κ3) is 1.99. The van der Waals surface area contributed by atoms with Gasteiger partial charge in [0.05, 0.1) is 6.61 Å². The van der Waals surface area contributed by atoms with Crippen molar-refractivity contribution in [3.63, 3.8) is 0 Å². The summed E-state index contributed by atoms with van der Waals surface area (Å²) in [4.78, 5) is 9.40. The molecule has 0 fully saturated rings. The Morgan fingerprint density at radius 1 is 1.67 bits per heavy atom. The topological polar surface area (TPSA) is 75.8 Å². The van der Waals surface area contributed by atoms with E-state index < -0.39 is 0 Å². The highest BCUT2D eigenvalue weighted by Gasteiger charge is 2.29. The highest BCUT2D eigenvalue weighted by Crippen LogP contribution is 2.15. The molecule has 0 saturated heterocycles. The van der Waals surface area contributed by atoms with Gasteiger partial charge in [0.2, 0.25) is 0 Å². The lowest BCUT2D eigenvalue weighted by atomic mass is 10.1. The van der Waals surface area contributed by atoms with E-state index in [0.717, 1.165) is 5.71 Å². The molecule has 2 aliphatic heterocycles. The molecule has 15 heavy (non-hydrogen) atoms. The lowest BCUT2D eigenvalue weighted by Crippen LogP contribution is -2.22. The van der Waals surface area contributed by atoms with Crippen molar-refractivity contribution in [3.8, 4) is 0 Å². The molecule has 2 aliphatic rings. The van der Waals surface area contributed by atoms with Gasteiger partial charge in [0, 0.05) is 26.5 Å². The summed E-state index contributed by atoms with van der Waals surface area (Å²) in [7, 11) is 1.62. The van der Waals surface area contributed by atoms with E-state index in [1.165, 1.54) is 0 Å². The van der Waals surface area contributed by atoms with Crippen LogP contribution in [0.25, 0.3) is 0 Å². The van der Waals surface area contributed by atoms with Gasteiger partial charge in [0.1, 0.15) is 17.1 Å². The van der Waals surface area contributed by atoms with Gasteiger partial charge < -0.3 is 14.8 Å². The molecule has 0 aromatic rings. The van der Waals surface area contributed by atoms with Gasteiger partial charge in [-0.15, -0.1) is 0 Å². The molecule has 1 N–H and O–H groups in total. The number of nitrogens with zero attached hydrogens (tertiary/aromatic N) is 3. The molecule has 0 bridgehead atoms. The number of rotatable bonds is 3. The summed E-state index contributed by atoms with van der Waals surface area (Å²) in [5, 5.41) is 15.9. The minimum absolute atomic E-state index is 0.0479. The van der Waals surface area contributed by atoms with Crippen LogP contribution in [0.2, 0.25) is 0 Å². The summed E-state index contributed by atoms with van der Waals surface area (Å²) in [6, 6.07) is 0. The second-order valence-electron chi connectivity index (χ2n) is 3.45. The Bertz CT molecular complexity index is 335. The van der Waals surface area contributed by atoms with Crippen LogP contribution >= 0.6 is 0 Å². The first-order valence-corrected chi connectivity index (χ1v) is 4.83. The quantitative estimate of drug-likeness (QED) is 0.544. The molecule has 6 nitrogen and oxygen atoms in total. The van der Waals surface area contributed by atoms with Gasteiger partial charge in [-0.25, -0.2) is 0 Å². The maximum Gasteiger partial charge on any atom is 0.156 e. The zero-order valence-corrected chi connectivity index (χ0v) is 8.51. The van der Waals surface area contributed by atoms with Crippen molar-refractivity contribution in [2.45, 2.75) is 18.9 Å². The molecule has 0 aromatic carbocycles. The van der Waals surface area contributed by atoms with Gasteiger partial charge in [-0.05, 0) is 0 Å². The lowest BCUT2D eigenvalue weighted by Gasteiger charge is -2.04. The van der Waals surface area contributed by atoms with E-state index in [9.17, 15) is 0 Å². The van der Waals surface area contributed by atoms with Crippen LogP contribution in [0.1, 0.15) is 12.8 Å². The van der Waals surface area contributed by atoms with E-state index in [-0.39, 0.29) is 6.10 Å². The van der Waals surface area contributed by atoms with Gasteiger partial charge in [-0.1, -0.05) is 10.3 Å². The Morgan fingerprint density at radius 2 is 2.53 bits per heavy atom. The predicted molar refractivity (Wildman–Crippen MR) is 54.9 cm³/mol. The van der Waals surface area contributed by atoms with Gasteiger partial charge >= 0.3 is 0 Å². The van der Waals surface area contributed by atoms with Crippen molar-refractivity contribution >= 4 is 17.1 Å². The summed E-state index contributed by atoms with van der Waals surface area (Å²) < 4.78 is 4.97. The highest BCUT2D eigenvalue weighted by atomic mass is 16.7. The fourth-order valence-electron chi connectivity index (χ4n) is 1.68. The zero-order valence-electron chi connectivity index (χ0n) is 8.51. The second-order valence-corrected chi connectivity index (χ2v) is 3.45. The van der Waals surface area contributed by atoms with Crippen molar-refractivity contribution in [2.24, 2.45) is 15.3 Å². The largest absolute Gasteiger partial charge is 0.411 e. The molecule has 0 aliphatic carbocycles. The van der Waals surface area contributed by atoms with Gasteiger partial charge in [-0.3, -0.25) is 4.99 Å². The zero-order chi connectivity index (χ0) is 10.7. The van der Waals surface area contributed by atoms with Crippen LogP contribution < -0.4 is 0 Å². The predicted octanol–water partition coefficient (Wildman–Crippen LogP) is 0.453. The smallest absolute Gasteiger partial charge is 0.156 e. The number of hydrogen-bond donors (Lipinski definition) is 1. The Kier molecular flexibility index (Phi) is 2.96. The molecular formula is C9H13N3O3. The van der Waals surface area contributed by atoms with E-state index in [4.69, 9.17) is 14.8 Å². The highest BCUT2D eigenvalue weighted by molar-refractivity contribution is 6.69. The molecule has 6 heteroatoms. The average molecular weight is 211 g/mol. The Balaban J connectivity index is 2.02. The average Bonchev–Trinajstić information content (AvgIpc) is 2.84. The van der Waals surface area contributed by atoms with Gasteiger partial charge in [0.15, 0.2) is 6.10 Å². The van der Waals surface area contributed by atoms with Crippen LogP contribution in [0.15, 0.2) is 15.3 Å². The minimum atomic E-state index is -0.0479. The molecule has 0 aromatic heterocycles. The SMILES string of the molecule is COCC1CC(C2=NCC/C2=N\O)=NO1. The molecule has 1 unspecified atom stereocenters. The number of ether oxygens (including phenoxy) is 1. The molecule has 82 valence electrons. The van der Waals surface area contributed by atoms with Crippen molar-refractivity contribution in [2.75, 3.05) is 20.3 Å². The summed E-state index contributed by atoms with van der Waals surface area (Å²) in [5.74, 6) is 0. The van der Waals surface area contributed by atoms with E-state index >= 15 is 0 Å². The first-order chi connectivity index (χ1) is 7.35. The van der Waals surface area contributed by atoms with Gasteiger partial charge in [0.25, 0.3) is 0 Å². The molecule has 2 rings (SSSR count). The number of hydrogen-bond acceptors (Lipinski definition) is 6. The third-order valence-corrected chi connectivity index (χ3v) is 2.37. The van der Waals surface area contributed by atoms with Crippen LogP contribution in [-0.2, 0) is 9.57 Å². The van der Waals surface area contributed by atoms with Crippen LogP contribution in [0.3, 0.4) is 0 Å². The fraction of sp³-hybridized carbons (Fsp3) is 0.667. The van der Waals surface area contributed by atoms with E-state index in [1.54, 1.807) is 7.11 Å². The minimum Gasteiger partial charge on any atom is -0.411 e. The first kappa shape index (κ1) is 10.1. The molecule has 0 radical (unpaired) electrons. The molecule has 0 spiro atoms. The summed E-state index contributed by atoms with van der Waals surface area (Å²) in [5.41, 5.74) is 2.02. The number of oxime groups is 2. The number of aliphatic imine (C=N–C) groups is 1. The van der Waals surface area contributed by atoms with Crippen LogP contribution in [0, 0.1) is 0 Å². The van der Waals surface area contributed by atoms with E-state index in [2.05, 4.69) is 15.3 Å². The summed E-state index contributed by atoms with van der Waals surface area (Å²) in [6.45, 7) is 1.16. The van der Waals surface area contributed by atoms with E-state index in [1.807, 2.05) is 0 Å². The molecule has 0 amide bonds. The third-order valence-electron chi connectivity index (χ3n) is 2.37. The molecular weight excluding hydrogens is 198 g/mol. The Labute approximate surface area is 87.3 Å². The fourth-order valence-corrected chi connectivity index (χ4v) is 1.68. The normalized spacial score (nSPS) is 27.8.